The van der Waals surface area contributed by atoms with Crippen LogP contribution >= 0.6 is 0 Å². The van der Waals surface area contributed by atoms with Gasteiger partial charge in [-0.3, -0.25) is 24.9 Å². The molecule has 1 atom stereocenters. The maximum Gasteiger partial charge on any atom is 0.438 e. The van der Waals surface area contributed by atoms with Gasteiger partial charge in [0.15, 0.2) is 5.78 Å². The van der Waals surface area contributed by atoms with Crippen molar-refractivity contribution in [3.05, 3.63) is 57.5 Å². The lowest BCUT2D eigenvalue weighted by Gasteiger charge is -2.35. The van der Waals surface area contributed by atoms with Crippen LogP contribution in [-0.2, 0) is 31.7 Å². The number of alkyl carbamates (subject to hydrolysis) is 1. The van der Waals surface area contributed by atoms with E-state index in [0.717, 1.165) is 12.3 Å². The van der Waals surface area contributed by atoms with Crippen molar-refractivity contribution in [1.29, 1.82) is 5.26 Å². The fourth-order valence-electron chi connectivity index (χ4n) is 6.44. The first-order valence-corrected chi connectivity index (χ1v) is 18.2. The Morgan fingerprint density at radius 2 is 1.62 bits per heavy atom. The molecule has 3 aromatic heterocycles. The summed E-state index contributed by atoms with van der Waals surface area (Å²) in [7, 11) is 1.43. The van der Waals surface area contributed by atoms with Gasteiger partial charge in [0.2, 0.25) is 5.66 Å². The Bertz CT molecular complexity index is 2630. The topological polar surface area (TPSA) is 219 Å². The minimum Gasteiger partial charge on any atom is -0.485 e. The second-order valence-electron chi connectivity index (χ2n) is 17.2. The van der Waals surface area contributed by atoms with Gasteiger partial charge < -0.3 is 18.9 Å². The fourth-order valence-corrected chi connectivity index (χ4v) is 6.44. The summed E-state index contributed by atoms with van der Waals surface area (Å²) in [6.07, 6.45) is 0.776. The van der Waals surface area contributed by atoms with Crippen LogP contribution in [0.5, 0.6) is 5.75 Å². The Morgan fingerprint density at radius 1 is 0.966 bits per heavy atom. The number of aryl methyl sites for hydroxylation is 1. The van der Waals surface area contributed by atoms with Gasteiger partial charge in [0, 0.05) is 22.1 Å². The molecule has 58 heavy (non-hydrogen) atoms. The molecule has 6 rings (SSSR count). The van der Waals surface area contributed by atoms with E-state index in [-0.39, 0.29) is 51.2 Å². The van der Waals surface area contributed by atoms with Gasteiger partial charge >= 0.3 is 18.2 Å². The minimum absolute atomic E-state index is 0.0229. The van der Waals surface area contributed by atoms with Crippen molar-refractivity contribution in [2.45, 2.75) is 110 Å². The molecule has 1 aliphatic carbocycles. The first-order valence-electron chi connectivity index (χ1n) is 19.7. The number of carbonyl (C=O) groups excluding carboxylic acids is 4. The van der Waals surface area contributed by atoms with Crippen LogP contribution in [0.1, 0.15) is 107 Å². The highest BCUT2D eigenvalue weighted by atomic mass is 19.1. The number of nitrogens with one attached hydrogen (secondary N) is 2. The number of rotatable bonds is 6. The van der Waals surface area contributed by atoms with Gasteiger partial charge in [-0.15, -0.1) is 4.68 Å². The molecule has 0 saturated heterocycles. The molecule has 2 N–H and O–H groups in total. The number of aromatic nitrogens is 5. The van der Waals surface area contributed by atoms with Crippen LogP contribution < -0.4 is 20.9 Å². The molecular weight excluding hydrogens is 755 g/mol. The van der Waals surface area contributed by atoms with Crippen LogP contribution in [0.15, 0.2) is 29.3 Å². The van der Waals surface area contributed by atoms with E-state index in [4.69, 9.17) is 23.1 Å². The number of benzene rings is 1. The second-order valence-corrected chi connectivity index (χ2v) is 17.2. The molecule has 4 aromatic rings. The van der Waals surface area contributed by atoms with Gasteiger partial charge in [0.1, 0.15) is 51.3 Å². The van der Waals surface area contributed by atoms with Crippen molar-refractivity contribution >= 4 is 34.7 Å². The van der Waals surface area contributed by atoms with E-state index in [1.54, 1.807) is 0 Å². The fraction of sp³-hybridized carbons (Fsp3) is 0.475. The number of pyridine rings is 1. The quantitative estimate of drug-likeness (QED) is 0.142. The second kappa shape index (κ2) is 14.0. The van der Waals surface area contributed by atoms with Crippen LogP contribution in [-0.4, -0.2) is 77.9 Å². The summed E-state index contributed by atoms with van der Waals surface area (Å²) in [6, 6.07) is 4.22. The maximum absolute atomic E-state index is 16.5. The molecule has 0 bridgehead atoms. The average molecular weight is 804 g/mol. The van der Waals surface area contributed by atoms with E-state index < -0.39 is 81.4 Å². The van der Waals surface area contributed by atoms with Crippen molar-refractivity contribution in [2.75, 3.05) is 6.98 Å². The Morgan fingerprint density at radius 3 is 2.21 bits per heavy atom. The number of amides is 1. The Kier molecular flexibility index (Phi) is 9.02. The van der Waals surface area contributed by atoms with E-state index in [2.05, 4.69) is 25.8 Å². The number of nitriles is 1. The monoisotopic (exact) mass is 803 g/mol. The number of hydrogen-bond acceptors (Lipinski definition) is 14. The highest BCUT2D eigenvalue weighted by Gasteiger charge is 2.52. The predicted octanol–water partition coefficient (Wildman–Crippen LogP) is 5.39. The van der Waals surface area contributed by atoms with Crippen molar-refractivity contribution in [1.82, 2.24) is 35.2 Å². The summed E-state index contributed by atoms with van der Waals surface area (Å²) in [5.74, 6) is -2.98. The van der Waals surface area contributed by atoms with Gasteiger partial charge in [0.05, 0.1) is 46.7 Å². The Hall–Kier alpha value is -6.22. The van der Waals surface area contributed by atoms with Gasteiger partial charge in [0.25, 0.3) is 5.56 Å². The first kappa shape index (κ1) is 37.4. The smallest absolute Gasteiger partial charge is 0.438 e. The van der Waals surface area contributed by atoms with Crippen LogP contribution in [0.25, 0.3) is 33.3 Å². The van der Waals surface area contributed by atoms with E-state index in [1.165, 1.54) is 86.3 Å². The van der Waals surface area contributed by atoms with Crippen LogP contribution in [0.3, 0.4) is 0 Å². The van der Waals surface area contributed by atoms with Gasteiger partial charge in [-0.25, -0.2) is 23.8 Å². The summed E-state index contributed by atoms with van der Waals surface area (Å²) in [5.41, 5.74) is -10.9. The molecule has 1 amide bonds. The molecule has 1 unspecified atom stereocenters. The molecule has 306 valence electrons. The normalized spacial score (nSPS) is 16.8. The van der Waals surface area contributed by atoms with Crippen LogP contribution in [0, 0.1) is 17.1 Å². The first-order chi connectivity index (χ1) is 28.0. The third-order valence-corrected chi connectivity index (χ3v) is 8.98. The summed E-state index contributed by atoms with van der Waals surface area (Å²) in [5, 5.41) is 22.4. The zero-order chi connectivity index (χ0) is 45.4. The maximum atomic E-state index is 16.5. The van der Waals surface area contributed by atoms with Crippen molar-refractivity contribution in [3.8, 4) is 34.3 Å². The lowest BCUT2D eigenvalue weighted by Crippen LogP contribution is -2.63. The largest absolute Gasteiger partial charge is 0.485 e. The van der Waals surface area contributed by atoms with E-state index in [1.807, 2.05) is 6.07 Å². The highest BCUT2D eigenvalue weighted by molar-refractivity contribution is 6.03. The number of halogens is 1. The lowest BCUT2D eigenvalue weighted by atomic mass is 9.91. The van der Waals surface area contributed by atoms with Crippen molar-refractivity contribution < 1.29 is 46.6 Å². The van der Waals surface area contributed by atoms with Crippen molar-refractivity contribution in [3.63, 3.8) is 0 Å². The molecule has 4 heterocycles. The molecular formula is C40H45FN8O9. The van der Waals surface area contributed by atoms with Crippen molar-refractivity contribution in [2.24, 2.45) is 7.05 Å². The molecule has 1 saturated carbocycles. The molecule has 1 aliphatic heterocycles. The Labute approximate surface area is 337 Å². The number of nitrogens with zero attached hydrogens (tertiary/aromatic N) is 6. The zero-order valence-electron chi connectivity index (χ0n) is 36.7. The molecule has 17 nitrogen and oxygen atoms in total. The number of hydrogen-bond donors (Lipinski definition) is 2. The molecule has 1 aromatic carbocycles. The molecule has 18 heteroatoms. The molecule has 1 fully saturated rings. The average Bonchev–Trinajstić information content (AvgIpc) is 3.72. The predicted molar refractivity (Wildman–Crippen MR) is 205 cm³/mol. The molecule has 1 spiro atoms. The number of likely N-dealkylation sites (N-methyl/N-ethyl adjacent to an activating group) is 1. The van der Waals surface area contributed by atoms with E-state index in [9.17, 15) is 29.2 Å². The van der Waals surface area contributed by atoms with Crippen LogP contribution in [0.2, 0.25) is 0 Å². The van der Waals surface area contributed by atoms with Gasteiger partial charge in [-0.05, 0) is 94.3 Å². The van der Waals surface area contributed by atoms with E-state index >= 15 is 4.39 Å². The summed E-state index contributed by atoms with van der Waals surface area (Å²) in [4.78, 5) is 74.2. The van der Waals surface area contributed by atoms with Gasteiger partial charge in [-0.2, -0.15) is 15.5 Å². The number of ether oxygens (including phenoxy) is 4. The summed E-state index contributed by atoms with van der Waals surface area (Å²) < 4.78 is 65.7. The molecule has 0 radical (unpaired) electrons. The van der Waals surface area contributed by atoms with Gasteiger partial charge in [-0.1, -0.05) is 0 Å². The number of ketones is 1. The molecule has 2 aliphatic rings. The number of carbonyl (C=O) groups is 4. The summed E-state index contributed by atoms with van der Waals surface area (Å²) in [6.45, 7) is 10.2. The number of Topliss-reactive ketones (excluding diaryl/α,β-unsaturated/α-hetero) is 1. The SMILES string of the molecule is [2H]C([2H])([2H])NC(NC(=O)OC(C)(C)C)(C(=O)OC(C)(C)C)c1nc(-c2cnn(C)c2-c2c(F)cc3c(c2C#N)OC2(CC2)CC3=O)cc2cnn(C(=O)OC(C)(C)C)c(=O)c12. The number of esters is 1. The third kappa shape index (κ3) is 7.73. The van der Waals surface area contributed by atoms with Crippen LogP contribution in [0.4, 0.5) is 14.0 Å². The minimum atomic E-state index is -3.32. The van der Waals surface area contributed by atoms with E-state index in [0.29, 0.717) is 17.5 Å². The standard InChI is InChI=1S/C40H45FN8O9/c1-36(2,3)56-33(52)40(43-10,47-34(53)57-37(4,5)6)31-27-20(18-45-49(32(27)51)35(54)58-38(7,8)9)14-25(46-31)23-19-44-48(11)29(23)28-22(17-42)30-21(15-24(28)41)26(50)16-39(55-30)12-13-39/h14-15,18-19,43H,12-13,16H2,1-11H3,(H,47,53)/i10D3. The third-order valence-electron chi connectivity index (χ3n) is 8.98. The Balaban J connectivity index is 1.74. The number of fused-ring (bicyclic) bond motifs is 2. The zero-order valence-corrected chi connectivity index (χ0v) is 33.7. The summed E-state index contributed by atoms with van der Waals surface area (Å²) >= 11 is 0. The lowest BCUT2D eigenvalue weighted by molar-refractivity contribution is -0.165. The highest BCUT2D eigenvalue weighted by Crippen LogP contribution is 2.51.